The molecule has 1 aromatic rings. The topological polar surface area (TPSA) is 44.4 Å². The van der Waals surface area contributed by atoms with Crippen LogP contribution >= 0.6 is 0 Å². The molecule has 1 atom stereocenters. The van der Waals surface area contributed by atoms with E-state index < -0.39 is 17.5 Å². The molecule has 2 N–H and O–H groups in total. The fourth-order valence-electron chi connectivity index (χ4n) is 2.89. The zero-order valence-corrected chi connectivity index (χ0v) is 12.0. The summed E-state index contributed by atoms with van der Waals surface area (Å²) in [4.78, 5) is 14.5. The number of carbonyl (C=O) groups is 1. The number of rotatable bonds is 4. The van der Waals surface area contributed by atoms with Gasteiger partial charge in [0.1, 0.15) is 17.3 Å². The molecular formula is C15H19F2N3O. The van der Waals surface area contributed by atoms with Crippen molar-refractivity contribution in [2.75, 3.05) is 25.5 Å². The Labute approximate surface area is 122 Å². The maximum atomic E-state index is 13.7. The van der Waals surface area contributed by atoms with E-state index in [4.69, 9.17) is 0 Å². The van der Waals surface area contributed by atoms with Gasteiger partial charge in [0, 0.05) is 37.8 Å². The van der Waals surface area contributed by atoms with Crippen LogP contribution in [0.3, 0.4) is 0 Å². The molecule has 0 radical (unpaired) electrons. The van der Waals surface area contributed by atoms with E-state index in [2.05, 4.69) is 15.5 Å². The van der Waals surface area contributed by atoms with Crippen LogP contribution in [0, 0.1) is 11.6 Å². The monoisotopic (exact) mass is 295 g/mol. The minimum Gasteiger partial charge on any atom is -0.383 e. The van der Waals surface area contributed by atoms with E-state index in [-0.39, 0.29) is 17.3 Å². The maximum Gasteiger partial charge on any atom is 0.251 e. The minimum atomic E-state index is -0.756. The van der Waals surface area contributed by atoms with Crippen molar-refractivity contribution in [1.29, 1.82) is 0 Å². The first-order valence-corrected chi connectivity index (χ1v) is 7.30. The predicted octanol–water partition coefficient (Wildman–Crippen LogP) is 1.97. The van der Waals surface area contributed by atoms with Crippen LogP contribution in [-0.2, 0) is 0 Å². The molecule has 0 bridgehead atoms. The highest BCUT2D eigenvalue weighted by Gasteiger charge is 2.34. The van der Waals surface area contributed by atoms with Crippen LogP contribution in [0.4, 0.5) is 14.5 Å². The fourth-order valence-corrected chi connectivity index (χ4v) is 2.89. The smallest absolute Gasteiger partial charge is 0.251 e. The van der Waals surface area contributed by atoms with E-state index in [0.29, 0.717) is 6.04 Å². The highest BCUT2D eigenvalue weighted by Crippen LogP contribution is 2.30. The molecule has 2 fully saturated rings. The predicted molar refractivity (Wildman–Crippen MR) is 76.4 cm³/mol. The summed E-state index contributed by atoms with van der Waals surface area (Å²) in [6.07, 6.45) is 3.37. The van der Waals surface area contributed by atoms with Crippen LogP contribution in [0.25, 0.3) is 0 Å². The van der Waals surface area contributed by atoms with E-state index in [9.17, 15) is 13.6 Å². The number of hydrogen-bond acceptors (Lipinski definition) is 3. The maximum absolute atomic E-state index is 13.7. The molecule has 1 aliphatic heterocycles. The van der Waals surface area contributed by atoms with Crippen LogP contribution in [0.5, 0.6) is 0 Å². The highest BCUT2D eigenvalue weighted by atomic mass is 19.1. The number of amides is 1. The largest absolute Gasteiger partial charge is 0.383 e. The summed E-state index contributed by atoms with van der Waals surface area (Å²) in [5, 5.41) is 5.30. The molecule has 1 aromatic carbocycles. The minimum absolute atomic E-state index is 0.0221. The first-order chi connectivity index (χ1) is 10.1. The Bertz CT molecular complexity index is 537. The summed E-state index contributed by atoms with van der Waals surface area (Å²) in [6.45, 7) is 1.81. The summed E-state index contributed by atoms with van der Waals surface area (Å²) in [6, 6.07) is 2.88. The number of nitrogens with one attached hydrogen (secondary N) is 2. The van der Waals surface area contributed by atoms with Gasteiger partial charge in [0.25, 0.3) is 5.91 Å². The van der Waals surface area contributed by atoms with Crippen LogP contribution in [-0.4, -0.2) is 43.0 Å². The molecule has 1 saturated carbocycles. The first kappa shape index (κ1) is 14.3. The van der Waals surface area contributed by atoms with Gasteiger partial charge >= 0.3 is 0 Å². The lowest BCUT2D eigenvalue weighted by Crippen LogP contribution is -2.37. The first-order valence-electron chi connectivity index (χ1n) is 7.30. The molecule has 2 aliphatic rings. The summed E-state index contributed by atoms with van der Waals surface area (Å²) in [5.41, 5.74) is -0.193. The second kappa shape index (κ2) is 5.60. The van der Waals surface area contributed by atoms with E-state index >= 15 is 0 Å². The molecule has 4 nitrogen and oxygen atoms in total. The van der Waals surface area contributed by atoms with Gasteiger partial charge in [-0.15, -0.1) is 0 Å². The third-order valence-corrected chi connectivity index (χ3v) is 4.17. The Balaban J connectivity index is 1.65. The van der Waals surface area contributed by atoms with Gasteiger partial charge in [0.15, 0.2) is 0 Å². The summed E-state index contributed by atoms with van der Waals surface area (Å²) >= 11 is 0. The molecule has 21 heavy (non-hydrogen) atoms. The van der Waals surface area contributed by atoms with Gasteiger partial charge in [0.05, 0.1) is 0 Å². The number of nitrogens with zero attached hydrogens (tertiary/aromatic N) is 1. The van der Waals surface area contributed by atoms with Crippen molar-refractivity contribution in [1.82, 2.24) is 10.2 Å². The average Bonchev–Trinajstić information content (AvgIpc) is 3.19. The Hall–Kier alpha value is -1.69. The van der Waals surface area contributed by atoms with Crippen molar-refractivity contribution in [2.45, 2.75) is 31.3 Å². The SMILES string of the molecule is CNc1c(F)cc(C(=O)NC2CCN(C3CC3)C2)cc1F. The normalized spacial score (nSPS) is 22.3. The summed E-state index contributed by atoms with van der Waals surface area (Å²) in [7, 11) is 1.44. The molecule has 0 spiro atoms. The Morgan fingerprint density at radius 1 is 1.24 bits per heavy atom. The summed E-state index contributed by atoms with van der Waals surface area (Å²) < 4.78 is 27.3. The lowest BCUT2D eigenvalue weighted by atomic mass is 10.1. The number of benzene rings is 1. The lowest BCUT2D eigenvalue weighted by Gasteiger charge is -2.16. The van der Waals surface area contributed by atoms with Crippen molar-refractivity contribution in [3.05, 3.63) is 29.3 Å². The standard InChI is InChI=1S/C15H19F2N3O/c1-18-14-12(16)6-9(7-13(14)17)15(21)19-10-4-5-20(8-10)11-2-3-11/h6-7,10-11,18H,2-5,8H2,1H3,(H,19,21). The van der Waals surface area contributed by atoms with Gasteiger partial charge in [-0.2, -0.15) is 0 Å². The quantitative estimate of drug-likeness (QED) is 0.892. The van der Waals surface area contributed by atoms with Crippen LogP contribution in [0.15, 0.2) is 12.1 Å². The molecule has 1 amide bonds. The molecule has 0 aromatic heterocycles. The lowest BCUT2D eigenvalue weighted by molar-refractivity contribution is 0.0936. The van der Waals surface area contributed by atoms with Crippen molar-refractivity contribution >= 4 is 11.6 Å². The van der Waals surface area contributed by atoms with Crippen molar-refractivity contribution in [3.63, 3.8) is 0 Å². The van der Waals surface area contributed by atoms with E-state index in [1.54, 1.807) is 0 Å². The number of carbonyl (C=O) groups excluding carboxylic acids is 1. The molecule has 3 rings (SSSR count). The van der Waals surface area contributed by atoms with Gasteiger partial charge in [-0.25, -0.2) is 8.78 Å². The number of likely N-dealkylation sites (tertiary alicyclic amines) is 1. The molecule has 6 heteroatoms. The van der Waals surface area contributed by atoms with Crippen LogP contribution in [0.2, 0.25) is 0 Å². The molecule has 114 valence electrons. The fraction of sp³-hybridized carbons (Fsp3) is 0.533. The Morgan fingerprint density at radius 2 is 1.90 bits per heavy atom. The van der Waals surface area contributed by atoms with E-state index in [1.165, 1.54) is 19.9 Å². The van der Waals surface area contributed by atoms with E-state index in [1.807, 2.05) is 0 Å². The zero-order valence-electron chi connectivity index (χ0n) is 12.0. The molecule has 1 unspecified atom stereocenters. The number of anilines is 1. The van der Waals surface area contributed by atoms with E-state index in [0.717, 1.165) is 31.6 Å². The Kier molecular flexibility index (Phi) is 3.80. The number of hydrogen-bond donors (Lipinski definition) is 2. The van der Waals surface area contributed by atoms with Gasteiger partial charge in [-0.1, -0.05) is 0 Å². The van der Waals surface area contributed by atoms with Crippen LogP contribution in [0.1, 0.15) is 29.6 Å². The molecular weight excluding hydrogens is 276 g/mol. The van der Waals surface area contributed by atoms with Crippen molar-refractivity contribution < 1.29 is 13.6 Å². The second-order valence-electron chi connectivity index (χ2n) is 5.75. The molecule has 1 aliphatic carbocycles. The van der Waals surface area contributed by atoms with Gasteiger partial charge < -0.3 is 10.6 Å². The zero-order chi connectivity index (χ0) is 15.0. The Morgan fingerprint density at radius 3 is 2.48 bits per heavy atom. The number of halogens is 2. The van der Waals surface area contributed by atoms with Crippen molar-refractivity contribution in [2.24, 2.45) is 0 Å². The van der Waals surface area contributed by atoms with Crippen molar-refractivity contribution in [3.8, 4) is 0 Å². The average molecular weight is 295 g/mol. The second-order valence-corrected chi connectivity index (χ2v) is 5.75. The summed E-state index contributed by atoms with van der Waals surface area (Å²) in [5.74, 6) is -1.93. The van der Waals surface area contributed by atoms with Gasteiger partial charge in [-0.3, -0.25) is 9.69 Å². The highest BCUT2D eigenvalue weighted by molar-refractivity contribution is 5.94. The molecule has 1 saturated heterocycles. The molecule has 1 heterocycles. The third kappa shape index (κ3) is 3.00. The van der Waals surface area contributed by atoms with Crippen LogP contribution < -0.4 is 10.6 Å². The third-order valence-electron chi connectivity index (χ3n) is 4.17. The van der Waals surface area contributed by atoms with Gasteiger partial charge in [-0.05, 0) is 31.4 Å². The van der Waals surface area contributed by atoms with Gasteiger partial charge in [0.2, 0.25) is 0 Å².